The lowest BCUT2D eigenvalue weighted by Gasteiger charge is -2.18. The van der Waals surface area contributed by atoms with Crippen molar-refractivity contribution in [3.63, 3.8) is 0 Å². The summed E-state index contributed by atoms with van der Waals surface area (Å²) >= 11 is 6.21. The molecule has 25 heavy (non-hydrogen) atoms. The number of halogens is 1. The molecule has 0 spiro atoms. The van der Waals surface area contributed by atoms with E-state index >= 15 is 0 Å². The van der Waals surface area contributed by atoms with E-state index in [1.807, 2.05) is 77.3 Å². The number of benzene rings is 2. The molecule has 0 saturated carbocycles. The van der Waals surface area contributed by atoms with Gasteiger partial charge >= 0.3 is 0 Å². The Hall–Kier alpha value is -2.79. The smallest absolute Gasteiger partial charge is 0.246 e. The molecule has 2 aromatic carbocycles. The molecule has 0 unspecified atom stereocenters. The molecule has 0 fully saturated rings. The second-order valence-corrected chi connectivity index (χ2v) is 6.12. The van der Waals surface area contributed by atoms with E-state index in [-0.39, 0.29) is 12.5 Å². The Kier molecular flexibility index (Phi) is 5.36. The molecule has 3 aromatic rings. The highest BCUT2D eigenvalue weighted by Crippen LogP contribution is 2.18. The normalized spacial score (nSPS) is 10.5. The van der Waals surface area contributed by atoms with Gasteiger partial charge in [-0.05, 0) is 23.8 Å². The van der Waals surface area contributed by atoms with Crippen LogP contribution in [0, 0.1) is 0 Å². The summed E-state index contributed by atoms with van der Waals surface area (Å²) in [6.45, 7) is 0.785. The number of likely N-dealkylation sites (N-methyl/N-ethyl adjacent to an activating group) is 1. The highest BCUT2D eigenvalue weighted by molar-refractivity contribution is 6.31. The van der Waals surface area contributed by atoms with E-state index < -0.39 is 0 Å². The summed E-state index contributed by atoms with van der Waals surface area (Å²) in [4.78, 5) is 18.5. The highest BCUT2D eigenvalue weighted by Gasteiger charge is 2.11. The van der Waals surface area contributed by atoms with Gasteiger partial charge in [-0.25, -0.2) is 4.98 Å². The predicted molar refractivity (Wildman–Crippen MR) is 101 cm³/mol. The minimum Gasteiger partial charge on any atom is -0.365 e. The fourth-order valence-corrected chi connectivity index (χ4v) is 2.72. The third kappa shape index (κ3) is 4.39. The first kappa shape index (κ1) is 17.0. The van der Waals surface area contributed by atoms with Gasteiger partial charge in [-0.15, -0.1) is 0 Å². The van der Waals surface area contributed by atoms with Crippen LogP contribution in [0.5, 0.6) is 0 Å². The first-order valence-electron chi connectivity index (χ1n) is 7.94. The van der Waals surface area contributed by atoms with E-state index in [1.54, 1.807) is 6.20 Å². The van der Waals surface area contributed by atoms with Gasteiger partial charge in [0.05, 0.1) is 13.1 Å². The second kappa shape index (κ2) is 7.85. The molecule has 0 aliphatic rings. The number of hydrogen-bond donors (Lipinski definition) is 1. The number of imidazole rings is 1. The third-order valence-electron chi connectivity index (χ3n) is 3.84. The van der Waals surface area contributed by atoms with E-state index in [0.29, 0.717) is 17.5 Å². The lowest BCUT2D eigenvalue weighted by molar-refractivity contribution is -0.115. The van der Waals surface area contributed by atoms with Crippen molar-refractivity contribution in [2.45, 2.75) is 6.54 Å². The molecule has 1 aromatic heterocycles. The molecule has 6 heteroatoms. The molecular formula is C19H19ClN4O. The van der Waals surface area contributed by atoms with Crippen LogP contribution in [-0.2, 0) is 11.3 Å². The number of rotatable bonds is 6. The molecule has 0 aliphatic heterocycles. The standard InChI is InChI=1S/C19H19ClN4O/c1-23(16-8-3-2-4-9-16)14-18(25)22-19-21-11-12-24(19)13-15-7-5-6-10-17(15)20/h2-12H,13-14H2,1H3,(H,21,22,25). The summed E-state index contributed by atoms with van der Waals surface area (Å²) in [5, 5.41) is 3.55. The fraction of sp³-hybridized carbons (Fsp3) is 0.158. The largest absolute Gasteiger partial charge is 0.365 e. The molecule has 5 nitrogen and oxygen atoms in total. The Morgan fingerprint density at radius 3 is 2.64 bits per heavy atom. The monoisotopic (exact) mass is 354 g/mol. The molecule has 3 rings (SSSR count). The van der Waals surface area contributed by atoms with Gasteiger partial charge in [0.2, 0.25) is 11.9 Å². The van der Waals surface area contributed by atoms with E-state index in [4.69, 9.17) is 11.6 Å². The van der Waals surface area contributed by atoms with Gasteiger partial charge in [-0.1, -0.05) is 48.0 Å². The summed E-state index contributed by atoms with van der Waals surface area (Å²) in [5.74, 6) is 0.379. The first-order chi connectivity index (χ1) is 12.1. The Bertz CT molecular complexity index is 847. The lowest BCUT2D eigenvalue weighted by Crippen LogP contribution is -2.30. The van der Waals surface area contributed by atoms with Crippen molar-refractivity contribution < 1.29 is 4.79 Å². The Balaban J connectivity index is 1.65. The fourth-order valence-electron chi connectivity index (χ4n) is 2.52. The molecule has 0 aliphatic carbocycles. The van der Waals surface area contributed by atoms with Crippen molar-refractivity contribution in [3.05, 3.63) is 77.6 Å². The number of amides is 1. The zero-order valence-electron chi connectivity index (χ0n) is 13.9. The summed E-state index contributed by atoms with van der Waals surface area (Å²) in [5.41, 5.74) is 1.95. The number of nitrogens with one attached hydrogen (secondary N) is 1. The van der Waals surface area contributed by atoms with Crippen LogP contribution in [-0.4, -0.2) is 29.1 Å². The predicted octanol–water partition coefficient (Wildman–Crippen LogP) is 3.66. The van der Waals surface area contributed by atoms with E-state index in [9.17, 15) is 4.79 Å². The SMILES string of the molecule is CN(CC(=O)Nc1nccn1Cc1ccccc1Cl)c1ccccc1. The zero-order valence-corrected chi connectivity index (χ0v) is 14.6. The molecule has 0 bridgehead atoms. The van der Waals surface area contributed by atoms with Gasteiger partial charge < -0.3 is 9.47 Å². The van der Waals surface area contributed by atoms with Crippen molar-refractivity contribution >= 4 is 29.1 Å². The summed E-state index contributed by atoms with van der Waals surface area (Å²) < 4.78 is 1.86. The Morgan fingerprint density at radius 1 is 1.16 bits per heavy atom. The topological polar surface area (TPSA) is 50.2 Å². The Labute approximate surface area is 151 Å². The summed E-state index contributed by atoms with van der Waals surface area (Å²) in [6, 6.07) is 17.4. The minimum atomic E-state index is -0.127. The molecule has 1 N–H and O–H groups in total. The van der Waals surface area contributed by atoms with Crippen LogP contribution in [0.2, 0.25) is 5.02 Å². The Morgan fingerprint density at radius 2 is 1.88 bits per heavy atom. The van der Waals surface area contributed by atoms with Gasteiger partial charge in [0.25, 0.3) is 0 Å². The van der Waals surface area contributed by atoms with E-state index in [0.717, 1.165) is 11.3 Å². The average molecular weight is 355 g/mol. The van der Waals surface area contributed by atoms with Crippen molar-refractivity contribution in [1.82, 2.24) is 9.55 Å². The number of nitrogens with zero attached hydrogens (tertiary/aromatic N) is 3. The van der Waals surface area contributed by atoms with Crippen LogP contribution in [0.3, 0.4) is 0 Å². The van der Waals surface area contributed by atoms with Gasteiger partial charge in [-0.2, -0.15) is 0 Å². The summed E-state index contributed by atoms with van der Waals surface area (Å²) in [6.07, 6.45) is 3.48. The van der Waals surface area contributed by atoms with Crippen LogP contribution < -0.4 is 10.2 Å². The van der Waals surface area contributed by atoms with Crippen molar-refractivity contribution in [2.24, 2.45) is 0 Å². The molecule has 0 atom stereocenters. The molecule has 128 valence electrons. The van der Waals surface area contributed by atoms with Gasteiger partial charge in [0, 0.05) is 30.2 Å². The zero-order chi connectivity index (χ0) is 17.6. The van der Waals surface area contributed by atoms with Crippen LogP contribution in [0.1, 0.15) is 5.56 Å². The quantitative estimate of drug-likeness (QED) is 0.735. The lowest BCUT2D eigenvalue weighted by atomic mass is 10.2. The van der Waals surface area contributed by atoms with Crippen molar-refractivity contribution in [2.75, 3.05) is 23.8 Å². The second-order valence-electron chi connectivity index (χ2n) is 5.71. The number of hydrogen-bond acceptors (Lipinski definition) is 3. The molecular weight excluding hydrogens is 336 g/mol. The van der Waals surface area contributed by atoms with E-state index in [2.05, 4.69) is 10.3 Å². The van der Waals surface area contributed by atoms with Gasteiger partial charge in [-0.3, -0.25) is 10.1 Å². The third-order valence-corrected chi connectivity index (χ3v) is 4.21. The minimum absolute atomic E-state index is 0.127. The number of carbonyl (C=O) groups is 1. The van der Waals surface area contributed by atoms with Crippen LogP contribution in [0.4, 0.5) is 11.6 Å². The van der Waals surface area contributed by atoms with Gasteiger partial charge in [0.15, 0.2) is 0 Å². The number of para-hydroxylation sites is 1. The number of aromatic nitrogens is 2. The molecule has 1 amide bonds. The van der Waals surface area contributed by atoms with E-state index in [1.165, 1.54) is 0 Å². The molecule has 1 heterocycles. The maximum atomic E-state index is 12.3. The van der Waals surface area contributed by atoms with Crippen molar-refractivity contribution in [1.29, 1.82) is 0 Å². The number of anilines is 2. The van der Waals surface area contributed by atoms with Crippen molar-refractivity contribution in [3.8, 4) is 0 Å². The molecule has 0 saturated heterocycles. The maximum absolute atomic E-state index is 12.3. The first-order valence-corrected chi connectivity index (χ1v) is 8.32. The maximum Gasteiger partial charge on any atom is 0.246 e. The highest BCUT2D eigenvalue weighted by atomic mass is 35.5. The van der Waals surface area contributed by atoms with Crippen LogP contribution in [0.15, 0.2) is 67.0 Å². The van der Waals surface area contributed by atoms with Crippen LogP contribution in [0.25, 0.3) is 0 Å². The number of carbonyl (C=O) groups excluding carboxylic acids is 1. The average Bonchev–Trinajstić information content (AvgIpc) is 3.04. The summed E-state index contributed by atoms with van der Waals surface area (Å²) in [7, 11) is 1.88. The van der Waals surface area contributed by atoms with Gasteiger partial charge in [0.1, 0.15) is 0 Å². The van der Waals surface area contributed by atoms with Crippen LogP contribution >= 0.6 is 11.6 Å². The molecule has 0 radical (unpaired) electrons.